The highest BCUT2D eigenvalue weighted by Crippen LogP contribution is 2.28. The van der Waals surface area contributed by atoms with Crippen LogP contribution in [-0.4, -0.2) is 21.3 Å². The first kappa shape index (κ1) is 14.5. The zero-order chi connectivity index (χ0) is 13.8. The van der Waals surface area contributed by atoms with Crippen LogP contribution in [0.2, 0.25) is 5.02 Å². The van der Waals surface area contributed by atoms with Crippen LogP contribution in [0.5, 0.6) is 0 Å². The van der Waals surface area contributed by atoms with Gasteiger partial charge in [0.2, 0.25) is 0 Å². The third-order valence-corrected chi connectivity index (χ3v) is 3.81. The van der Waals surface area contributed by atoms with Crippen LogP contribution < -0.4 is 5.32 Å². The fourth-order valence-corrected chi connectivity index (χ4v) is 2.64. The highest BCUT2D eigenvalue weighted by molar-refractivity contribution is 9.10. The largest absolute Gasteiger partial charge is 0.310 e. The van der Waals surface area contributed by atoms with E-state index in [4.69, 9.17) is 11.6 Å². The van der Waals surface area contributed by atoms with Gasteiger partial charge >= 0.3 is 0 Å². The molecular weight excluding hydrogens is 328 g/mol. The molecule has 19 heavy (non-hydrogen) atoms. The Kier molecular flexibility index (Phi) is 4.96. The van der Waals surface area contributed by atoms with Gasteiger partial charge in [0.15, 0.2) is 0 Å². The Balaban J connectivity index is 2.29. The average molecular weight is 344 g/mol. The van der Waals surface area contributed by atoms with Crippen molar-refractivity contribution in [3.63, 3.8) is 0 Å². The number of aromatic nitrogens is 3. The monoisotopic (exact) mass is 342 g/mol. The van der Waals surface area contributed by atoms with Crippen LogP contribution in [0.4, 0.5) is 0 Å². The number of hydrogen-bond acceptors (Lipinski definition) is 3. The molecule has 0 saturated carbocycles. The lowest BCUT2D eigenvalue weighted by molar-refractivity contribution is 0.522. The van der Waals surface area contributed by atoms with Crippen LogP contribution in [0.15, 0.2) is 29.0 Å². The van der Waals surface area contributed by atoms with E-state index in [2.05, 4.69) is 38.3 Å². The first-order chi connectivity index (χ1) is 9.11. The van der Waals surface area contributed by atoms with Gasteiger partial charge in [0.1, 0.15) is 12.2 Å². The second-order valence-electron chi connectivity index (χ2n) is 4.28. The fraction of sp³-hybridized carbons (Fsp3) is 0.385. The molecule has 0 aliphatic heterocycles. The van der Waals surface area contributed by atoms with E-state index in [1.54, 1.807) is 11.0 Å². The number of rotatable bonds is 5. The number of likely N-dealkylation sites (N-methyl/N-ethyl adjacent to an activating group) is 1. The predicted molar refractivity (Wildman–Crippen MR) is 80.3 cm³/mol. The lowest BCUT2D eigenvalue weighted by atomic mass is 10.0. The van der Waals surface area contributed by atoms with Crippen molar-refractivity contribution in [2.24, 2.45) is 7.05 Å². The van der Waals surface area contributed by atoms with E-state index in [0.29, 0.717) is 0 Å². The van der Waals surface area contributed by atoms with E-state index in [9.17, 15) is 0 Å². The Labute approximate surface area is 126 Å². The summed E-state index contributed by atoms with van der Waals surface area (Å²) in [5.41, 5.74) is 1.07. The van der Waals surface area contributed by atoms with Crippen molar-refractivity contribution in [2.75, 3.05) is 6.54 Å². The SMILES string of the molecule is CCNC(Cc1ncnn1C)c1cc(Br)ccc1Cl. The summed E-state index contributed by atoms with van der Waals surface area (Å²) >= 11 is 9.79. The van der Waals surface area contributed by atoms with Gasteiger partial charge in [-0.05, 0) is 30.3 Å². The molecule has 0 spiro atoms. The number of halogens is 2. The zero-order valence-corrected chi connectivity index (χ0v) is 13.2. The normalized spacial score (nSPS) is 12.6. The van der Waals surface area contributed by atoms with Gasteiger partial charge in [-0.2, -0.15) is 5.10 Å². The third-order valence-electron chi connectivity index (χ3n) is 2.98. The van der Waals surface area contributed by atoms with Gasteiger partial charge in [-0.3, -0.25) is 4.68 Å². The van der Waals surface area contributed by atoms with Crippen molar-refractivity contribution in [1.29, 1.82) is 0 Å². The van der Waals surface area contributed by atoms with Crippen LogP contribution >= 0.6 is 27.5 Å². The number of benzene rings is 1. The molecule has 0 radical (unpaired) electrons. The van der Waals surface area contributed by atoms with Crippen molar-refractivity contribution in [3.8, 4) is 0 Å². The summed E-state index contributed by atoms with van der Waals surface area (Å²) < 4.78 is 2.81. The summed E-state index contributed by atoms with van der Waals surface area (Å²) in [5, 5.41) is 8.31. The molecule has 0 fully saturated rings. The van der Waals surface area contributed by atoms with Crippen molar-refractivity contribution in [2.45, 2.75) is 19.4 Å². The third kappa shape index (κ3) is 3.55. The van der Waals surface area contributed by atoms with Crippen molar-refractivity contribution < 1.29 is 0 Å². The summed E-state index contributed by atoms with van der Waals surface area (Å²) in [6.07, 6.45) is 2.32. The summed E-state index contributed by atoms with van der Waals surface area (Å²) in [4.78, 5) is 4.27. The highest BCUT2D eigenvalue weighted by Gasteiger charge is 2.17. The Morgan fingerprint density at radius 3 is 2.89 bits per heavy atom. The molecule has 2 rings (SSSR count). The smallest absolute Gasteiger partial charge is 0.138 e. The molecular formula is C13H16BrClN4. The standard InChI is InChI=1S/C13H16BrClN4/c1-3-16-12(7-13-17-8-18-19(13)2)10-6-9(14)4-5-11(10)15/h4-6,8,12,16H,3,7H2,1-2H3. The minimum absolute atomic E-state index is 0.123. The van der Waals surface area contributed by atoms with E-state index in [-0.39, 0.29) is 6.04 Å². The van der Waals surface area contributed by atoms with Gasteiger partial charge in [-0.25, -0.2) is 4.98 Å². The summed E-state index contributed by atoms with van der Waals surface area (Å²) in [5.74, 6) is 0.932. The van der Waals surface area contributed by atoms with Gasteiger partial charge in [0.25, 0.3) is 0 Å². The quantitative estimate of drug-likeness (QED) is 0.907. The molecule has 0 saturated heterocycles. The van der Waals surface area contributed by atoms with Crippen LogP contribution in [0.1, 0.15) is 24.4 Å². The van der Waals surface area contributed by atoms with Crippen LogP contribution in [0, 0.1) is 0 Å². The molecule has 1 aromatic heterocycles. The lowest BCUT2D eigenvalue weighted by Crippen LogP contribution is -2.24. The predicted octanol–water partition coefficient (Wildman–Crippen LogP) is 3.12. The molecule has 102 valence electrons. The molecule has 1 aromatic carbocycles. The highest BCUT2D eigenvalue weighted by atomic mass is 79.9. The minimum Gasteiger partial charge on any atom is -0.310 e. The molecule has 1 N–H and O–H groups in total. The van der Waals surface area contributed by atoms with Gasteiger partial charge in [-0.1, -0.05) is 34.5 Å². The minimum atomic E-state index is 0.123. The molecule has 0 amide bonds. The molecule has 1 heterocycles. The lowest BCUT2D eigenvalue weighted by Gasteiger charge is -2.19. The number of nitrogens with zero attached hydrogens (tertiary/aromatic N) is 3. The second-order valence-corrected chi connectivity index (χ2v) is 5.60. The first-order valence-electron chi connectivity index (χ1n) is 6.13. The van der Waals surface area contributed by atoms with Crippen molar-refractivity contribution >= 4 is 27.5 Å². The van der Waals surface area contributed by atoms with Crippen LogP contribution in [0.3, 0.4) is 0 Å². The molecule has 1 atom stereocenters. The number of aryl methyl sites for hydroxylation is 1. The van der Waals surface area contributed by atoms with Crippen molar-refractivity contribution in [3.05, 3.63) is 45.4 Å². The topological polar surface area (TPSA) is 42.7 Å². The Morgan fingerprint density at radius 1 is 1.47 bits per heavy atom. The molecule has 6 heteroatoms. The Hall–Kier alpha value is -0.910. The maximum absolute atomic E-state index is 6.30. The number of hydrogen-bond donors (Lipinski definition) is 1. The summed E-state index contributed by atoms with van der Waals surface area (Å²) in [6.45, 7) is 2.95. The average Bonchev–Trinajstić information content (AvgIpc) is 2.78. The zero-order valence-electron chi connectivity index (χ0n) is 10.9. The Morgan fingerprint density at radius 2 is 2.26 bits per heavy atom. The van der Waals surface area contributed by atoms with E-state index in [0.717, 1.165) is 33.8 Å². The number of nitrogens with one attached hydrogen (secondary N) is 1. The maximum Gasteiger partial charge on any atom is 0.138 e. The van der Waals surface area contributed by atoms with Gasteiger partial charge in [0, 0.05) is 29.0 Å². The van der Waals surface area contributed by atoms with Crippen molar-refractivity contribution in [1.82, 2.24) is 20.1 Å². The molecule has 0 aliphatic rings. The van der Waals surface area contributed by atoms with E-state index >= 15 is 0 Å². The molecule has 4 nitrogen and oxygen atoms in total. The van der Waals surface area contributed by atoms with Gasteiger partial charge in [0.05, 0.1) is 0 Å². The molecule has 2 aromatic rings. The van der Waals surface area contributed by atoms with Crippen LogP contribution in [0.25, 0.3) is 0 Å². The molecule has 1 unspecified atom stereocenters. The van der Waals surface area contributed by atoms with Crippen LogP contribution in [-0.2, 0) is 13.5 Å². The Bertz CT molecular complexity index is 555. The summed E-state index contributed by atoms with van der Waals surface area (Å²) in [6, 6.07) is 6.02. The fourth-order valence-electron chi connectivity index (χ4n) is 2.01. The second kappa shape index (κ2) is 6.50. The van der Waals surface area contributed by atoms with E-state index in [1.165, 1.54) is 0 Å². The van der Waals surface area contributed by atoms with Gasteiger partial charge < -0.3 is 5.32 Å². The first-order valence-corrected chi connectivity index (χ1v) is 7.30. The van der Waals surface area contributed by atoms with E-state index in [1.807, 2.05) is 25.2 Å². The molecule has 0 aliphatic carbocycles. The summed E-state index contributed by atoms with van der Waals surface area (Å²) in [7, 11) is 1.90. The van der Waals surface area contributed by atoms with E-state index < -0.39 is 0 Å². The van der Waals surface area contributed by atoms with Gasteiger partial charge in [-0.15, -0.1) is 0 Å². The molecule has 0 bridgehead atoms. The maximum atomic E-state index is 6.30.